The van der Waals surface area contributed by atoms with E-state index in [0.717, 1.165) is 36.9 Å². The third-order valence-corrected chi connectivity index (χ3v) is 3.81. The lowest BCUT2D eigenvalue weighted by Crippen LogP contribution is -2.23. The van der Waals surface area contributed by atoms with Gasteiger partial charge in [0, 0.05) is 25.0 Å². The van der Waals surface area contributed by atoms with Gasteiger partial charge in [0.25, 0.3) is 0 Å². The molecule has 0 aliphatic rings. The second-order valence-corrected chi connectivity index (χ2v) is 5.06. The normalized spacial score (nSPS) is 11.1. The fourth-order valence-corrected chi connectivity index (χ4v) is 2.33. The van der Waals surface area contributed by atoms with Gasteiger partial charge < -0.3 is 14.6 Å². The quantitative estimate of drug-likeness (QED) is 0.727. The summed E-state index contributed by atoms with van der Waals surface area (Å²) in [5.41, 5.74) is 1.16. The van der Waals surface area contributed by atoms with E-state index in [1.807, 2.05) is 6.20 Å². The number of aryl methyl sites for hydroxylation is 1. The summed E-state index contributed by atoms with van der Waals surface area (Å²) < 4.78 is 2.12. The summed E-state index contributed by atoms with van der Waals surface area (Å²) in [6, 6.07) is 0. The van der Waals surface area contributed by atoms with Crippen LogP contribution in [0.5, 0.6) is 0 Å². The van der Waals surface area contributed by atoms with E-state index in [4.69, 9.17) is 5.11 Å². The monoisotopic (exact) mass is 271 g/mol. The fourth-order valence-electron chi connectivity index (χ4n) is 1.58. The van der Waals surface area contributed by atoms with Crippen molar-refractivity contribution in [2.45, 2.75) is 32.0 Å². The Morgan fingerprint density at radius 3 is 2.83 bits per heavy atom. The third-order valence-electron chi connectivity index (χ3n) is 2.83. The van der Waals surface area contributed by atoms with Crippen LogP contribution in [0.1, 0.15) is 19.5 Å². The molecule has 6 heteroatoms. The van der Waals surface area contributed by atoms with Crippen LogP contribution in [0.15, 0.2) is 11.4 Å². The van der Waals surface area contributed by atoms with Gasteiger partial charge in [0.05, 0.1) is 5.75 Å². The summed E-state index contributed by atoms with van der Waals surface area (Å²) in [6.07, 6.45) is 2.76. The summed E-state index contributed by atoms with van der Waals surface area (Å²) in [6.45, 7) is 7.02. The molecular weight excluding hydrogens is 250 g/mol. The molecule has 0 spiro atoms. The van der Waals surface area contributed by atoms with Crippen molar-refractivity contribution in [3.05, 3.63) is 11.9 Å². The van der Waals surface area contributed by atoms with Gasteiger partial charge in [-0.1, -0.05) is 25.6 Å². The smallest absolute Gasteiger partial charge is 0.313 e. The van der Waals surface area contributed by atoms with Gasteiger partial charge in [-0.2, -0.15) is 0 Å². The van der Waals surface area contributed by atoms with Crippen molar-refractivity contribution in [3.8, 4) is 0 Å². The van der Waals surface area contributed by atoms with Gasteiger partial charge in [0.15, 0.2) is 5.16 Å². The lowest BCUT2D eigenvalue weighted by molar-refractivity contribution is -0.133. The number of likely N-dealkylation sites (N-methyl/N-ethyl adjacent to an activating group) is 1. The SMILES string of the molecule is CCc1cnc(SCC(=O)O)n1CCN(C)CC. The van der Waals surface area contributed by atoms with Gasteiger partial charge >= 0.3 is 5.97 Å². The van der Waals surface area contributed by atoms with Crippen molar-refractivity contribution in [2.24, 2.45) is 0 Å². The number of hydrogen-bond donors (Lipinski definition) is 1. The van der Waals surface area contributed by atoms with Crippen LogP contribution >= 0.6 is 11.8 Å². The van der Waals surface area contributed by atoms with Crippen LogP contribution in [0.3, 0.4) is 0 Å². The maximum atomic E-state index is 10.6. The Labute approximate surface area is 112 Å². The highest BCUT2D eigenvalue weighted by Gasteiger charge is 2.11. The number of nitrogens with zero attached hydrogens (tertiary/aromatic N) is 3. The van der Waals surface area contributed by atoms with Crippen molar-refractivity contribution in [1.82, 2.24) is 14.5 Å². The van der Waals surface area contributed by atoms with Crippen LogP contribution in [0.2, 0.25) is 0 Å². The molecule has 1 aromatic heterocycles. The Bertz CT molecular complexity index is 393. The lowest BCUT2D eigenvalue weighted by atomic mass is 10.3. The van der Waals surface area contributed by atoms with Crippen LogP contribution in [-0.4, -0.2) is 51.4 Å². The van der Waals surface area contributed by atoms with Crippen molar-refractivity contribution in [2.75, 3.05) is 25.9 Å². The van der Waals surface area contributed by atoms with E-state index >= 15 is 0 Å². The van der Waals surface area contributed by atoms with Crippen LogP contribution in [0.25, 0.3) is 0 Å². The number of carboxylic acid groups (broad SMARTS) is 1. The zero-order valence-electron chi connectivity index (χ0n) is 11.2. The molecule has 5 nitrogen and oxygen atoms in total. The second kappa shape index (κ2) is 7.43. The first-order chi connectivity index (χ1) is 8.58. The molecule has 0 radical (unpaired) electrons. The van der Waals surface area contributed by atoms with Crippen LogP contribution in [0, 0.1) is 0 Å². The first-order valence-electron chi connectivity index (χ1n) is 6.16. The Morgan fingerprint density at radius 2 is 2.28 bits per heavy atom. The molecule has 1 aromatic rings. The Hall–Kier alpha value is -1.01. The molecular formula is C12H21N3O2S. The lowest BCUT2D eigenvalue weighted by Gasteiger charge is -2.16. The van der Waals surface area contributed by atoms with Crippen LogP contribution < -0.4 is 0 Å². The Balaban J connectivity index is 2.71. The molecule has 0 aliphatic carbocycles. The van der Waals surface area contributed by atoms with Gasteiger partial charge in [-0.3, -0.25) is 4.79 Å². The van der Waals surface area contributed by atoms with E-state index in [2.05, 4.69) is 35.3 Å². The molecule has 0 aromatic carbocycles. The van der Waals surface area contributed by atoms with E-state index in [1.165, 1.54) is 11.8 Å². The van der Waals surface area contributed by atoms with Gasteiger partial charge in [-0.05, 0) is 20.0 Å². The van der Waals surface area contributed by atoms with E-state index in [0.29, 0.717) is 0 Å². The molecule has 0 unspecified atom stereocenters. The largest absolute Gasteiger partial charge is 0.481 e. The average Bonchev–Trinajstić information content (AvgIpc) is 2.75. The maximum absolute atomic E-state index is 10.6. The second-order valence-electron chi connectivity index (χ2n) is 4.12. The van der Waals surface area contributed by atoms with E-state index < -0.39 is 5.97 Å². The molecule has 102 valence electrons. The Morgan fingerprint density at radius 1 is 1.56 bits per heavy atom. The first kappa shape index (κ1) is 15.0. The number of imidazole rings is 1. The molecule has 18 heavy (non-hydrogen) atoms. The zero-order valence-corrected chi connectivity index (χ0v) is 12.0. The zero-order chi connectivity index (χ0) is 13.5. The summed E-state index contributed by atoms with van der Waals surface area (Å²) >= 11 is 1.28. The molecule has 0 atom stereocenters. The number of rotatable bonds is 8. The van der Waals surface area contributed by atoms with Gasteiger partial charge in [0.1, 0.15) is 0 Å². The summed E-state index contributed by atoms with van der Waals surface area (Å²) in [5, 5.41) is 9.52. The highest BCUT2D eigenvalue weighted by atomic mass is 32.2. The molecule has 1 N–H and O–H groups in total. The average molecular weight is 271 g/mol. The first-order valence-corrected chi connectivity index (χ1v) is 7.14. The number of hydrogen-bond acceptors (Lipinski definition) is 4. The molecule has 1 rings (SSSR count). The fraction of sp³-hybridized carbons (Fsp3) is 0.667. The van der Waals surface area contributed by atoms with Gasteiger partial charge in [-0.15, -0.1) is 0 Å². The van der Waals surface area contributed by atoms with Crippen molar-refractivity contribution >= 4 is 17.7 Å². The molecule has 0 saturated carbocycles. The van der Waals surface area contributed by atoms with Crippen molar-refractivity contribution < 1.29 is 9.90 Å². The summed E-state index contributed by atoms with van der Waals surface area (Å²) in [7, 11) is 2.08. The molecule has 0 aliphatic heterocycles. The number of carboxylic acids is 1. The van der Waals surface area contributed by atoms with Gasteiger partial charge in [0.2, 0.25) is 0 Å². The number of aliphatic carboxylic acids is 1. The van der Waals surface area contributed by atoms with Crippen LogP contribution in [-0.2, 0) is 17.8 Å². The standard InChI is InChI=1S/C12H21N3O2S/c1-4-10-8-13-12(18-9-11(16)17)15(10)7-6-14(3)5-2/h8H,4-7,9H2,1-3H3,(H,16,17). The van der Waals surface area contributed by atoms with Crippen molar-refractivity contribution in [1.29, 1.82) is 0 Å². The molecule has 0 fully saturated rings. The maximum Gasteiger partial charge on any atom is 0.313 e. The van der Waals surface area contributed by atoms with E-state index in [1.54, 1.807) is 0 Å². The molecule has 0 saturated heterocycles. The number of carbonyl (C=O) groups is 1. The predicted molar refractivity (Wildman–Crippen MR) is 73.1 cm³/mol. The van der Waals surface area contributed by atoms with Crippen molar-refractivity contribution in [3.63, 3.8) is 0 Å². The number of thioether (sulfide) groups is 1. The van der Waals surface area contributed by atoms with Gasteiger partial charge in [-0.25, -0.2) is 4.98 Å². The summed E-state index contributed by atoms with van der Waals surface area (Å²) in [4.78, 5) is 17.1. The third kappa shape index (κ3) is 4.34. The number of aromatic nitrogens is 2. The van der Waals surface area contributed by atoms with E-state index in [-0.39, 0.29) is 5.75 Å². The Kier molecular flexibility index (Phi) is 6.21. The summed E-state index contributed by atoms with van der Waals surface area (Å²) in [5.74, 6) is -0.748. The minimum atomic E-state index is -0.807. The molecule has 0 bridgehead atoms. The topological polar surface area (TPSA) is 58.4 Å². The minimum absolute atomic E-state index is 0.0593. The molecule has 0 amide bonds. The predicted octanol–water partition coefficient (Wildman–Crippen LogP) is 1.57. The highest BCUT2D eigenvalue weighted by molar-refractivity contribution is 7.99. The highest BCUT2D eigenvalue weighted by Crippen LogP contribution is 2.18. The van der Waals surface area contributed by atoms with Crippen LogP contribution in [0.4, 0.5) is 0 Å². The minimum Gasteiger partial charge on any atom is -0.481 e. The molecule has 1 heterocycles. The van der Waals surface area contributed by atoms with E-state index in [9.17, 15) is 4.79 Å².